The molecule has 1 heterocycles. The van der Waals surface area contributed by atoms with Crippen molar-refractivity contribution < 1.29 is 14.8 Å². The molecule has 1 aromatic rings. The summed E-state index contributed by atoms with van der Waals surface area (Å²) in [6, 6.07) is 4.99. The highest BCUT2D eigenvalue weighted by atomic mass is 16.6. The molecule has 2 rings (SSSR count). The molecule has 0 aromatic heterocycles. The number of nitrogens with zero attached hydrogens (tertiary/aromatic N) is 2. The third-order valence-electron chi connectivity index (χ3n) is 3.93. The van der Waals surface area contributed by atoms with Crippen LogP contribution in [0, 0.1) is 23.0 Å². The standard InChI is InChI=1S/C14H18N2O4/c1-9-4-3-5-12(16(19)20)13(9)15-7-6-11(14(17)18)8-10(15)2/h3-5,10-11H,6-8H2,1-2H3,(H,17,18). The van der Waals surface area contributed by atoms with Crippen molar-refractivity contribution in [3.63, 3.8) is 0 Å². The lowest BCUT2D eigenvalue weighted by Crippen LogP contribution is -2.43. The number of hydrogen-bond acceptors (Lipinski definition) is 4. The molecular weight excluding hydrogens is 260 g/mol. The highest BCUT2D eigenvalue weighted by Crippen LogP contribution is 2.36. The van der Waals surface area contributed by atoms with E-state index in [0.717, 1.165) is 5.56 Å². The first-order valence-electron chi connectivity index (χ1n) is 6.65. The molecule has 6 heteroatoms. The lowest BCUT2D eigenvalue weighted by molar-refractivity contribution is -0.384. The van der Waals surface area contributed by atoms with E-state index in [9.17, 15) is 14.9 Å². The van der Waals surface area contributed by atoms with Gasteiger partial charge in [-0.25, -0.2) is 0 Å². The number of piperidine rings is 1. The SMILES string of the molecule is Cc1cccc([N+](=O)[O-])c1N1CCC(C(=O)O)CC1C. The minimum absolute atomic E-state index is 0.0235. The molecule has 20 heavy (non-hydrogen) atoms. The van der Waals surface area contributed by atoms with E-state index in [4.69, 9.17) is 5.11 Å². The van der Waals surface area contributed by atoms with Crippen LogP contribution in [0.2, 0.25) is 0 Å². The zero-order valence-electron chi connectivity index (χ0n) is 11.6. The Labute approximate surface area is 117 Å². The topological polar surface area (TPSA) is 83.7 Å². The fraction of sp³-hybridized carbons (Fsp3) is 0.500. The molecule has 6 nitrogen and oxygen atoms in total. The number of benzene rings is 1. The Kier molecular flexibility index (Phi) is 3.92. The van der Waals surface area contributed by atoms with Crippen molar-refractivity contribution >= 4 is 17.3 Å². The van der Waals surface area contributed by atoms with Crippen molar-refractivity contribution in [2.75, 3.05) is 11.4 Å². The highest BCUT2D eigenvalue weighted by Gasteiger charge is 2.33. The molecule has 0 spiro atoms. The summed E-state index contributed by atoms with van der Waals surface area (Å²) in [5.41, 5.74) is 1.55. The van der Waals surface area contributed by atoms with E-state index in [-0.39, 0.29) is 22.6 Å². The number of anilines is 1. The lowest BCUT2D eigenvalue weighted by atomic mass is 9.90. The Morgan fingerprint density at radius 3 is 2.75 bits per heavy atom. The fourth-order valence-electron chi connectivity index (χ4n) is 2.89. The average molecular weight is 278 g/mol. The summed E-state index contributed by atoms with van der Waals surface area (Å²) in [4.78, 5) is 23.8. The summed E-state index contributed by atoms with van der Waals surface area (Å²) in [5, 5.41) is 20.3. The van der Waals surface area contributed by atoms with Crippen molar-refractivity contribution in [3.8, 4) is 0 Å². The van der Waals surface area contributed by atoms with Gasteiger partial charge in [0.05, 0.1) is 10.8 Å². The first-order chi connectivity index (χ1) is 9.41. The van der Waals surface area contributed by atoms with Gasteiger partial charge in [-0.3, -0.25) is 14.9 Å². The van der Waals surface area contributed by atoms with Gasteiger partial charge >= 0.3 is 5.97 Å². The van der Waals surface area contributed by atoms with Gasteiger partial charge in [0.15, 0.2) is 0 Å². The van der Waals surface area contributed by atoms with Crippen LogP contribution in [0.25, 0.3) is 0 Å². The first-order valence-corrected chi connectivity index (χ1v) is 6.65. The maximum Gasteiger partial charge on any atom is 0.306 e. The average Bonchev–Trinajstić information content (AvgIpc) is 2.38. The number of rotatable bonds is 3. The van der Waals surface area contributed by atoms with Crippen LogP contribution in [0.4, 0.5) is 11.4 Å². The molecular formula is C14H18N2O4. The first kappa shape index (κ1) is 14.3. The number of carboxylic acid groups (broad SMARTS) is 1. The zero-order valence-corrected chi connectivity index (χ0v) is 11.6. The second kappa shape index (κ2) is 5.48. The van der Waals surface area contributed by atoms with E-state index >= 15 is 0 Å². The Balaban J connectivity index is 2.33. The van der Waals surface area contributed by atoms with Crippen LogP contribution < -0.4 is 4.90 Å². The van der Waals surface area contributed by atoms with Crippen LogP contribution >= 0.6 is 0 Å². The minimum Gasteiger partial charge on any atom is -0.481 e. The number of aryl methyl sites for hydroxylation is 1. The van der Waals surface area contributed by atoms with Gasteiger partial charge in [0.1, 0.15) is 5.69 Å². The van der Waals surface area contributed by atoms with Crippen molar-refractivity contribution in [1.29, 1.82) is 0 Å². The predicted molar refractivity (Wildman–Crippen MR) is 75.0 cm³/mol. The van der Waals surface area contributed by atoms with E-state index in [0.29, 0.717) is 25.1 Å². The van der Waals surface area contributed by atoms with E-state index < -0.39 is 5.97 Å². The Morgan fingerprint density at radius 2 is 2.20 bits per heavy atom. The molecule has 1 N–H and O–H groups in total. The summed E-state index contributed by atoms with van der Waals surface area (Å²) in [6.07, 6.45) is 1.03. The highest BCUT2D eigenvalue weighted by molar-refractivity contribution is 5.72. The molecule has 1 aliphatic rings. The maximum atomic E-state index is 11.2. The normalized spacial score (nSPS) is 22.6. The molecule has 2 atom stereocenters. The Morgan fingerprint density at radius 1 is 1.50 bits per heavy atom. The second-order valence-electron chi connectivity index (χ2n) is 5.30. The van der Waals surface area contributed by atoms with Gasteiger partial charge in [0.2, 0.25) is 0 Å². The van der Waals surface area contributed by atoms with E-state index in [1.54, 1.807) is 6.07 Å². The summed E-state index contributed by atoms with van der Waals surface area (Å²) in [7, 11) is 0. The largest absolute Gasteiger partial charge is 0.481 e. The van der Waals surface area contributed by atoms with Gasteiger partial charge in [-0.2, -0.15) is 0 Å². The number of nitro benzene ring substituents is 1. The number of carboxylic acids is 1. The lowest BCUT2D eigenvalue weighted by Gasteiger charge is -2.38. The number of para-hydroxylation sites is 1. The predicted octanol–water partition coefficient (Wildman–Crippen LogP) is 2.59. The van der Waals surface area contributed by atoms with Gasteiger partial charge in [-0.15, -0.1) is 0 Å². The molecule has 0 saturated carbocycles. The summed E-state index contributed by atoms with van der Waals surface area (Å²) in [5.74, 6) is -1.14. The Bertz CT molecular complexity index is 544. The summed E-state index contributed by atoms with van der Waals surface area (Å²) < 4.78 is 0. The molecule has 0 radical (unpaired) electrons. The van der Waals surface area contributed by atoms with Crippen LogP contribution in [0.3, 0.4) is 0 Å². The van der Waals surface area contributed by atoms with Crippen molar-refractivity contribution in [1.82, 2.24) is 0 Å². The van der Waals surface area contributed by atoms with E-state index in [1.165, 1.54) is 6.07 Å². The molecule has 108 valence electrons. The van der Waals surface area contributed by atoms with Gasteiger partial charge in [0.25, 0.3) is 5.69 Å². The molecule has 1 fully saturated rings. The monoisotopic (exact) mass is 278 g/mol. The second-order valence-corrected chi connectivity index (χ2v) is 5.30. The van der Waals surface area contributed by atoms with Gasteiger partial charge in [-0.1, -0.05) is 12.1 Å². The van der Waals surface area contributed by atoms with Crippen LogP contribution in [0.1, 0.15) is 25.3 Å². The van der Waals surface area contributed by atoms with Gasteiger partial charge in [0, 0.05) is 18.7 Å². The number of nitro groups is 1. The summed E-state index contributed by atoms with van der Waals surface area (Å²) in [6.45, 7) is 4.30. The van der Waals surface area contributed by atoms with Crippen LogP contribution in [-0.4, -0.2) is 28.6 Å². The quantitative estimate of drug-likeness (QED) is 0.678. The van der Waals surface area contributed by atoms with Crippen LogP contribution in [0.5, 0.6) is 0 Å². The van der Waals surface area contributed by atoms with Crippen LogP contribution in [-0.2, 0) is 4.79 Å². The smallest absolute Gasteiger partial charge is 0.306 e. The van der Waals surface area contributed by atoms with Crippen molar-refractivity contribution in [2.24, 2.45) is 5.92 Å². The molecule has 0 amide bonds. The number of carbonyl (C=O) groups is 1. The number of hydrogen-bond donors (Lipinski definition) is 1. The zero-order chi connectivity index (χ0) is 14.9. The van der Waals surface area contributed by atoms with E-state index in [2.05, 4.69) is 0 Å². The minimum atomic E-state index is -0.782. The molecule has 1 aliphatic heterocycles. The molecule has 0 aliphatic carbocycles. The van der Waals surface area contributed by atoms with Crippen molar-refractivity contribution in [2.45, 2.75) is 32.7 Å². The Hall–Kier alpha value is -2.11. The molecule has 1 aromatic carbocycles. The van der Waals surface area contributed by atoms with Crippen molar-refractivity contribution in [3.05, 3.63) is 33.9 Å². The van der Waals surface area contributed by atoms with Gasteiger partial charge < -0.3 is 10.0 Å². The van der Waals surface area contributed by atoms with Gasteiger partial charge in [-0.05, 0) is 32.3 Å². The molecule has 1 saturated heterocycles. The third kappa shape index (κ3) is 2.59. The van der Waals surface area contributed by atoms with Crippen LogP contribution in [0.15, 0.2) is 18.2 Å². The molecule has 2 unspecified atom stereocenters. The maximum absolute atomic E-state index is 11.2. The number of aliphatic carboxylic acids is 1. The summed E-state index contributed by atoms with van der Waals surface area (Å²) >= 11 is 0. The third-order valence-corrected chi connectivity index (χ3v) is 3.93. The molecule has 0 bridgehead atoms. The van der Waals surface area contributed by atoms with E-state index in [1.807, 2.05) is 24.8 Å². The fourth-order valence-corrected chi connectivity index (χ4v) is 2.89.